The van der Waals surface area contributed by atoms with Gasteiger partial charge < -0.3 is 9.88 Å². The highest BCUT2D eigenvalue weighted by Gasteiger charge is 2.27. The number of likely N-dealkylation sites (tertiary alicyclic amines) is 1. The Balaban J connectivity index is 1.59. The molecule has 1 amide bonds. The van der Waals surface area contributed by atoms with E-state index in [1.54, 1.807) is 4.68 Å². The van der Waals surface area contributed by atoms with Crippen LogP contribution < -0.4 is 5.56 Å². The standard InChI is InChI=1S/C22H28N6O2/c1-3-4-7-18(29)27-12-5-6-17(14-27)20-23-21-19(22(30)24-20)25-26-28(21)13-16-10-8-15(2)9-11-16/h8-11,17H,3-7,12-14H2,1-2H3,(H,23,24,30)/t17-/m0/s1. The maximum atomic E-state index is 12.6. The van der Waals surface area contributed by atoms with E-state index in [-0.39, 0.29) is 22.9 Å². The predicted molar refractivity (Wildman–Crippen MR) is 114 cm³/mol. The fourth-order valence-corrected chi connectivity index (χ4v) is 3.96. The van der Waals surface area contributed by atoms with Crippen LogP contribution in [0, 0.1) is 6.92 Å². The van der Waals surface area contributed by atoms with E-state index in [1.165, 1.54) is 5.56 Å². The third-order valence-corrected chi connectivity index (χ3v) is 5.75. The number of carbonyl (C=O) groups is 1. The van der Waals surface area contributed by atoms with Gasteiger partial charge in [-0.15, -0.1) is 5.10 Å². The Kier molecular flexibility index (Phi) is 5.92. The highest BCUT2D eigenvalue weighted by Crippen LogP contribution is 2.25. The zero-order valence-electron chi connectivity index (χ0n) is 17.6. The van der Waals surface area contributed by atoms with Crippen LogP contribution in [-0.2, 0) is 11.3 Å². The lowest BCUT2D eigenvalue weighted by Crippen LogP contribution is -2.39. The van der Waals surface area contributed by atoms with Gasteiger partial charge in [-0.2, -0.15) is 0 Å². The molecule has 0 spiro atoms. The second kappa shape index (κ2) is 8.77. The molecule has 1 N–H and O–H groups in total. The predicted octanol–water partition coefficient (Wildman–Crippen LogP) is 2.77. The Bertz CT molecular complexity index is 1090. The van der Waals surface area contributed by atoms with Crippen LogP contribution >= 0.6 is 0 Å². The largest absolute Gasteiger partial charge is 0.342 e. The van der Waals surface area contributed by atoms with Crippen LogP contribution in [0.3, 0.4) is 0 Å². The number of hydrogen-bond donors (Lipinski definition) is 1. The molecule has 3 heterocycles. The van der Waals surface area contributed by atoms with E-state index in [0.29, 0.717) is 31.0 Å². The smallest absolute Gasteiger partial charge is 0.281 e. The number of piperidine rings is 1. The summed E-state index contributed by atoms with van der Waals surface area (Å²) in [5.74, 6) is 0.827. The van der Waals surface area contributed by atoms with Crippen LogP contribution in [0.4, 0.5) is 0 Å². The van der Waals surface area contributed by atoms with Gasteiger partial charge in [0.05, 0.1) is 6.54 Å². The summed E-state index contributed by atoms with van der Waals surface area (Å²) in [4.78, 5) is 34.6. The van der Waals surface area contributed by atoms with Gasteiger partial charge in [-0.3, -0.25) is 9.59 Å². The number of aromatic nitrogens is 5. The molecule has 1 atom stereocenters. The summed E-state index contributed by atoms with van der Waals surface area (Å²) in [6.45, 7) is 6.00. The van der Waals surface area contributed by atoms with Crippen molar-refractivity contribution in [2.75, 3.05) is 13.1 Å². The van der Waals surface area contributed by atoms with Crippen molar-refractivity contribution in [1.82, 2.24) is 29.9 Å². The minimum absolute atomic E-state index is 0.0177. The van der Waals surface area contributed by atoms with Crippen molar-refractivity contribution in [3.63, 3.8) is 0 Å². The van der Waals surface area contributed by atoms with Crippen molar-refractivity contribution >= 4 is 17.1 Å². The third-order valence-electron chi connectivity index (χ3n) is 5.75. The fourth-order valence-electron chi connectivity index (χ4n) is 3.96. The monoisotopic (exact) mass is 408 g/mol. The van der Waals surface area contributed by atoms with E-state index in [0.717, 1.165) is 37.8 Å². The van der Waals surface area contributed by atoms with Gasteiger partial charge in [0.2, 0.25) is 5.91 Å². The molecule has 0 aliphatic carbocycles. The normalized spacial score (nSPS) is 16.9. The van der Waals surface area contributed by atoms with Crippen LogP contribution in [0.25, 0.3) is 11.2 Å². The number of amides is 1. The molecule has 8 heteroatoms. The molecule has 1 fully saturated rings. The fraction of sp³-hybridized carbons (Fsp3) is 0.500. The maximum absolute atomic E-state index is 12.6. The Morgan fingerprint density at radius 1 is 1.27 bits per heavy atom. The third kappa shape index (κ3) is 4.27. The Morgan fingerprint density at radius 2 is 2.07 bits per heavy atom. The number of rotatable bonds is 6. The van der Waals surface area contributed by atoms with Gasteiger partial charge in [0, 0.05) is 25.4 Å². The maximum Gasteiger partial charge on any atom is 0.281 e. The lowest BCUT2D eigenvalue weighted by atomic mass is 9.96. The second-order valence-electron chi connectivity index (χ2n) is 8.14. The average molecular weight is 409 g/mol. The molecule has 3 aromatic rings. The first-order chi connectivity index (χ1) is 14.5. The number of hydrogen-bond acceptors (Lipinski definition) is 5. The highest BCUT2D eigenvalue weighted by atomic mass is 16.2. The first kappa shape index (κ1) is 20.3. The summed E-state index contributed by atoms with van der Waals surface area (Å²) >= 11 is 0. The number of fused-ring (bicyclic) bond motifs is 1. The number of nitrogens with zero attached hydrogens (tertiary/aromatic N) is 5. The van der Waals surface area contributed by atoms with Gasteiger partial charge in [-0.05, 0) is 31.7 Å². The number of aryl methyl sites for hydroxylation is 1. The molecule has 2 aromatic heterocycles. The van der Waals surface area contributed by atoms with Gasteiger partial charge in [0.25, 0.3) is 5.56 Å². The zero-order chi connectivity index (χ0) is 21.1. The van der Waals surface area contributed by atoms with Crippen molar-refractivity contribution < 1.29 is 4.79 Å². The van der Waals surface area contributed by atoms with Crippen molar-refractivity contribution in [2.24, 2.45) is 0 Å². The first-order valence-electron chi connectivity index (χ1n) is 10.7. The van der Waals surface area contributed by atoms with Crippen molar-refractivity contribution in [1.29, 1.82) is 0 Å². The van der Waals surface area contributed by atoms with E-state index < -0.39 is 0 Å². The van der Waals surface area contributed by atoms with Crippen molar-refractivity contribution in [3.8, 4) is 0 Å². The molecular weight excluding hydrogens is 380 g/mol. The molecule has 1 aromatic carbocycles. The summed E-state index contributed by atoms with van der Waals surface area (Å²) in [6.07, 6.45) is 4.30. The first-order valence-corrected chi connectivity index (χ1v) is 10.7. The van der Waals surface area contributed by atoms with E-state index >= 15 is 0 Å². The lowest BCUT2D eigenvalue weighted by molar-refractivity contribution is -0.132. The van der Waals surface area contributed by atoms with Crippen LogP contribution in [-0.4, -0.2) is 48.9 Å². The van der Waals surface area contributed by atoms with Crippen LogP contribution in [0.1, 0.15) is 61.9 Å². The number of carbonyl (C=O) groups excluding carboxylic acids is 1. The number of aromatic amines is 1. The van der Waals surface area contributed by atoms with Gasteiger partial charge in [-0.1, -0.05) is 48.4 Å². The van der Waals surface area contributed by atoms with Gasteiger partial charge >= 0.3 is 0 Å². The molecule has 8 nitrogen and oxygen atoms in total. The molecule has 4 rings (SSSR count). The molecule has 1 aliphatic heterocycles. The number of nitrogens with one attached hydrogen (secondary N) is 1. The molecule has 30 heavy (non-hydrogen) atoms. The summed E-state index contributed by atoms with van der Waals surface area (Å²) in [7, 11) is 0. The number of benzene rings is 1. The van der Waals surface area contributed by atoms with Gasteiger partial charge in [0.1, 0.15) is 5.82 Å². The Labute approximate surface area is 175 Å². The zero-order valence-corrected chi connectivity index (χ0v) is 17.6. The Morgan fingerprint density at radius 3 is 2.83 bits per heavy atom. The summed E-state index contributed by atoms with van der Waals surface area (Å²) < 4.78 is 1.67. The molecule has 0 unspecified atom stereocenters. The molecule has 158 valence electrons. The molecule has 0 saturated carbocycles. The number of H-pyrrole nitrogens is 1. The van der Waals surface area contributed by atoms with Crippen LogP contribution in [0.5, 0.6) is 0 Å². The van der Waals surface area contributed by atoms with Gasteiger partial charge in [-0.25, -0.2) is 9.67 Å². The van der Waals surface area contributed by atoms with E-state index in [2.05, 4.69) is 22.2 Å². The summed E-state index contributed by atoms with van der Waals surface area (Å²) in [6, 6.07) is 8.17. The van der Waals surface area contributed by atoms with Crippen molar-refractivity contribution in [2.45, 2.75) is 58.4 Å². The SMILES string of the molecule is CCCCC(=O)N1CCC[C@H](c2nc3c(nnn3Cc3ccc(C)cc3)c(=O)[nH]2)C1. The lowest BCUT2D eigenvalue weighted by Gasteiger charge is -2.32. The van der Waals surface area contributed by atoms with Crippen LogP contribution in [0.15, 0.2) is 29.1 Å². The van der Waals surface area contributed by atoms with Crippen LogP contribution in [0.2, 0.25) is 0 Å². The molecular formula is C22H28N6O2. The molecule has 1 saturated heterocycles. The molecule has 0 bridgehead atoms. The minimum Gasteiger partial charge on any atom is -0.342 e. The Hall–Kier alpha value is -3.03. The topological polar surface area (TPSA) is 96.8 Å². The van der Waals surface area contributed by atoms with Crippen molar-refractivity contribution in [3.05, 3.63) is 51.6 Å². The molecule has 1 aliphatic rings. The highest BCUT2D eigenvalue weighted by molar-refractivity contribution is 5.76. The van der Waals surface area contributed by atoms with E-state index in [9.17, 15) is 9.59 Å². The van der Waals surface area contributed by atoms with Gasteiger partial charge in [0.15, 0.2) is 11.2 Å². The summed E-state index contributed by atoms with van der Waals surface area (Å²) in [5, 5.41) is 8.19. The number of unbranched alkanes of at least 4 members (excludes halogenated alkanes) is 1. The minimum atomic E-state index is -0.278. The second-order valence-corrected chi connectivity index (χ2v) is 8.14. The van der Waals surface area contributed by atoms with E-state index in [4.69, 9.17) is 4.98 Å². The average Bonchev–Trinajstić information content (AvgIpc) is 3.17. The quantitative estimate of drug-likeness (QED) is 0.676. The molecule has 0 radical (unpaired) electrons. The summed E-state index contributed by atoms with van der Waals surface area (Å²) in [5.41, 5.74) is 2.72. The van der Waals surface area contributed by atoms with E-state index in [1.807, 2.05) is 36.1 Å².